The zero-order valence-electron chi connectivity index (χ0n) is 16.4. The van der Waals surface area contributed by atoms with Crippen LogP contribution in [0, 0.1) is 23.7 Å². The lowest BCUT2D eigenvalue weighted by atomic mass is 9.85. The Hall–Kier alpha value is -3.49. The number of hydrogen-bond donors (Lipinski definition) is 2. The maximum Gasteiger partial charge on any atom is 0.262 e. The van der Waals surface area contributed by atoms with E-state index in [-0.39, 0.29) is 53.5 Å². The fourth-order valence-corrected chi connectivity index (χ4v) is 4.99. The Balaban J connectivity index is 1.30. The number of benzene rings is 1. The van der Waals surface area contributed by atoms with Crippen molar-refractivity contribution in [1.82, 2.24) is 19.9 Å². The number of imide groups is 1. The topological polar surface area (TPSA) is 113 Å². The number of para-hydroxylation sites is 1. The fraction of sp³-hybridized carbons (Fsp3) is 0.381. The van der Waals surface area contributed by atoms with Crippen LogP contribution >= 0.6 is 0 Å². The molecule has 3 aliphatic rings. The molecule has 1 aliphatic heterocycles. The van der Waals surface area contributed by atoms with E-state index in [9.17, 15) is 19.2 Å². The normalized spacial score (nSPS) is 26.5. The van der Waals surface area contributed by atoms with Crippen LogP contribution < -0.4 is 16.4 Å². The van der Waals surface area contributed by atoms with Crippen LogP contribution in [-0.4, -0.2) is 38.7 Å². The first-order valence-corrected chi connectivity index (χ1v) is 10.1. The van der Waals surface area contributed by atoms with Gasteiger partial charge in [-0.2, -0.15) is 0 Å². The second-order valence-electron chi connectivity index (χ2n) is 7.94. The van der Waals surface area contributed by atoms with Gasteiger partial charge >= 0.3 is 0 Å². The molecule has 1 saturated heterocycles. The van der Waals surface area contributed by atoms with Crippen LogP contribution in [0.1, 0.15) is 13.3 Å². The summed E-state index contributed by atoms with van der Waals surface area (Å²) >= 11 is 0. The molecule has 1 aromatic carbocycles. The summed E-state index contributed by atoms with van der Waals surface area (Å²) in [6.45, 7) is 1.80. The number of rotatable bonds is 5. The molecule has 30 heavy (non-hydrogen) atoms. The number of carbonyl (C=O) groups excluding carboxylic acids is 3. The van der Waals surface area contributed by atoms with E-state index in [4.69, 9.17) is 0 Å². The largest absolute Gasteiger partial charge is 0.277 e. The first-order valence-electron chi connectivity index (χ1n) is 10.1. The molecule has 4 atom stereocenters. The summed E-state index contributed by atoms with van der Waals surface area (Å²) in [5.41, 5.74) is 5.42. The van der Waals surface area contributed by atoms with Crippen LogP contribution in [0.4, 0.5) is 5.95 Å². The number of nitrogens with zero attached hydrogens (tertiary/aromatic N) is 3. The van der Waals surface area contributed by atoms with Crippen LogP contribution in [-0.2, 0) is 20.9 Å². The van der Waals surface area contributed by atoms with Gasteiger partial charge in [-0.3, -0.25) is 39.5 Å². The van der Waals surface area contributed by atoms with E-state index in [0.717, 1.165) is 11.3 Å². The quantitative estimate of drug-likeness (QED) is 0.428. The Morgan fingerprint density at radius 1 is 1.10 bits per heavy atom. The second-order valence-corrected chi connectivity index (χ2v) is 7.94. The van der Waals surface area contributed by atoms with Crippen molar-refractivity contribution in [2.75, 3.05) is 12.0 Å². The van der Waals surface area contributed by atoms with Crippen LogP contribution in [0.2, 0.25) is 0 Å². The first kappa shape index (κ1) is 18.5. The number of carbonyl (C=O) groups is 3. The summed E-state index contributed by atoms with van der Waals surface area (Å²) in [7, 11) is 0. The first-order chi connectivity index (χ1) is 14.5. The monoisotopic (exact) mass is 407 g/mol. The summed E-state index contributed by atoms with van der Waals surface area (Å²) in [6.07, 6.45) is 4.87. The Morgan fingerprint density at radius 3 is 2.43 bits per heavy atom. The minimum absolute atomic E-state index is 0.100. The minimum Gasteiger partial charge on any atom is -0.277 e. The van der Waals surface area contributed by atoms with Gasteiger partial charge in [0.15, 0.2) is 0 Å². The second kappa shape index (κ2) is 6.79. The van der Waals surface area contributed by atoms with Crippen molar-refractivity contribution in [1.29, 1.82) is 0 Å². The van der Waals surface area contributed by atoms with Crippen molar-refractivity contribution in [3.05, 3.63) is 46.8 Å². The van der Waals surface area contributed by atoms with Crippen molar-refractivity contribution in [3.8, 4) is 0 Å². The van der Waals surface area contributed by atoms with Crippen LogP contribution in [0.5, 0.6) is 0 Å². The van der Waals surface area contributed by atoms with Gasteiger partial charge in [-0.1, -0.05) is 24.3 Å². The van der Waals surface area contributed by atoms with E-state index < -0.39 is 5.91 Å². The molecule has 2 heterocycles. The number of aromatic nitrogens is 2. The number of hydrazine groups is 1. The number of nitrogens with one attached hydrogen (secondary N) is 2. The Morgan fingerprint density at radius 2 is 1.77 bits per heavy atom. The van der Waals surface area contributed by atoms with Gasteiger partial charge in [0.1, 0.15) is 6.54 Å². The molecule has 154 valence electrons. The number of hydrogen-bond acceptors (Lipinski definition) is 6. The SMILES string of the molecule is CCn1c(NNC(=O)CN2C(=O)[C@@H]3[C@H](C2=O)[C@H]2C=C[C@H]3C2)nc2ccccc2c1=O. The van der Waals surface area contributed by atoms with Gasteiger partial charge in [0.25, 0.3) is 11.5 Å². The summed E-state index contributed by atoms with van der Waals surface area (Å²) in [5, 5.41) is 0.485. The molecule has 9 nitrogen and oxygen atoms in total. The smallest absolute Gasteiger partial charge is 0.262 e. The summed E-state index contributed by atoms with van der Waals surface area (Å²) < 4.78 is 1.41. The third kappa shape index (κ3) is 2.65. The molecule has 5 rings (SSSR count). The van der Waals surface area contributed by atoms with E-state index in [1.54, 1.807) is 31.2 Å². The summed E-state index contributed by atoms with van der Waals surface area (Å²) in [6, 6.07) is 6.95. The van der Waals surface area contributed by atoms with E-state index in [1.165, 1.54) is 4.57 Å². The van der Waals surface area contributed by atoms with Crippen molar-refractivity contribution >= 4 is 34.6 Å². The van der Waals surface area contributed by atoms with Crippen LogP contribution in [0.3, 0.4) is 0 Å². The summed E-state index contributed by atoms with van der Waals surface area (Å²) in [5.74, 6) is -1.37. The lowest BCUT2D eigenvalue weighted by molar-refractivity contribution is -0.144. The zero-order valence-corrected chi connectivity index (χ0v) is 16.4. The van der Waals surface area contributed by atoms with E-state index in [1.807, 2.05) is 12.2 Å². The fourth-order valence-electron chi connectivity index (χ4n) is 4.99. The average Bonchev–Trinajstić information content (AvgIpc) is 3.42. The minimum atomic E-state index is -0.554. The third-order valence-electron chi connectivity index (χ3n) is 6.35. The van der Waals surface area contributed by atoms with E-state index in [2.05, 4.69) is 15.8 Å². The number of amides is 3. The average molecular weight is 407 g/mol. The Bertz CT molecular complexity index is 1140. The van der Waals surface area contributed by atoms with Gasteiger partial charge in [0.05, 0.1) is 22.7 Å². The van der Waals surface area contributed by atoms with Crippen molar-refractivity contribution in [3.63, 3.8) is 0 Å². The molecule has 1 aromatic heterocycles. The van der Waals surface area contributed by atoms with Gasteiger partial charge in [-0.05, 0) is 37.3 Å². The molecule has 9 heteroatoms. The standard InChI is InChI=1S/C21H21N5O4/c1-2-25-18(28)13-5-3-4-6-14(13)22-21(25)24-23-15(27)10-26-19(29)16-11-7-8-12(9-11)17(16)20(26)30/h3-8,11-12,16-17H,2,9-10H2,1H3,(H,22,24)(H,23,27)/t11-,12-,16-,17+/m0/s1. The lowest BCUT2D eigenvalue weighted by Gasteiger charge is -2.18. The molecular formula is C21H21N5O4. The van der Waals surface area contributed by atoms with Gasteiger partial charge in [-0.25, -0.2) is 4.98 Å². The van der Waals surface area contributed by atoms with Crippen molar-refractivity contribution in [2.45, 2.75) is 19.9 Å². The van der Waals surface area contributed by atoms with Crippen molar-refractivity contribution < 1.29 is 14.4 Å². The van der Waals surface area contributed by atoms with Gasteiger partial charge in [0.2, 0.25) is 17.8 Å². The molecule has 2 aromatic rings. The Kier molecular flexibility index (Phi) is 4.19. The molecule has 0 spiro atoms. The molecule has 0 unspecified atom stereocenters. The van der Waals surface area contributed by atoms with E-state index >= 15 is 0 Å². The summed E-state index contributed by atoms with van der Waals surface area (Å²) in [4.78, 5) is 55.9. The highest BCUT2D eigenvalue weighted by atomic mass is 16.2. The highest BCUT2D eigenvalue weighted by Gasteiger charge is 2.59. The lowest BCUT2D eigenvalue weighted by Crippen LogP contribution is -2.44. The Labute approximate surface area is 171 Å². The number of allylic oxidation sites excluding steroid dienone is 2. The molecule has 2 bridgehead atoms. The van der Waals surface area contributed by atoms with Crippen molar-refractivity contribution in [2.24, 2.45) is 23.7 Å². The van der Waals surface area contributed by atoms with Gasteiger partial charge in [-0.15, -0.1) is 0 Å². The molecule has 3 amide bonds. The van der Waals surface area contributed by atoms with Gasteiger partial charge < -0.3 is 0 Å². The van der Waals surface area contributed by atoms with Gasteiger partial charge in [0, 0.05) is 6.54 Å². The molecule has 2 fully saturated rings. The number of fused-ring (bicyclic) bond motifs is 6. The molecule has 2 aliphatic carbocycles. The number of likely N-dealkylation sites (tertiary alicyclic amines) is 1. The molecule has 1 saturated carbocycles. The maximum absolute atomic E-state index is 12.7. The predicted octanol–water partition coefficient (Wildman–Crippen LogP) is 0.667. The van der Waals surface area contributed by atoms with Crippen LogP contribution in [0.15, 0.2) is 41.2 Å². The zero-order chi connectivity index (χ0) is 21.0. The highest BCUT2D eigenvalue weighted by Crippen LogP contribution is 2.52. The third-order valence-corrected chi connectivity index (χ3v) is 6.35. The van der Waals surface area contributed by atoms with Crippen LogP contribution in [0.25, 0.3) is 10.9 Å². The number of anilines is 1. The molecule has 2 N–H and O–H groups in total. The molecular weight excluding hydrogens is 386 g/mol. The van der Waals surface area contributed by atoms with E-state index in [0.29, 0.717) is 17.4 Å². The molecule has 0 radical (unpaired) electrons. The highest BCUT2D eigenvalue weighted by molar-refractivity contribution is 6.08. The maximum atomic E-state index is 12.7. The predicted molar refractivity (Wildman–Crippen MR) is 108 cm³/mol.